The molecule has 4 rings (SSSR count). The van der Waals surface area contributed by atoms with Gasteiger partial charge < -0.3 is 19.3 Å². The number of ether oxygens (including phenoxy) is 2. The molecule has 1 amide bonds. The van der Waals surface area contributed by atoms with Gasteiger partial charge in [-0.3, -0.25) is 0 Å². The molecule has 1 unspecified atom stereocenters. The molecule has 11 heteroatoms. The van der Waals surface area contributed by atoms with Gasteiger partial charge in [0.05, 0.1) is 22.5 Å². The van der Waals surface area contributed by atoms with E-state index in [1.54, 1.807) is 18.1 Å². The first-order valence-electron chi connectivity index (χ1n) is 12.4. The number of thiazole rings is 1. The molecule has 1 aromatic carbocycles. The Bertz CT molecular complexity index is 1410. The molecule has 0 spiro atoms. The largest absolute Gasteiger partial charge is 0.483 e. The lowest BCUT2D eigenvalue weighted by Gasteiger charge is -2.26. The molecule has 3 aromatic heterocycles. The molecule has 4 aromatic rings. The summed E-state index contributed by atoms with van der Waals surface area (Å²) in [6.07, 6.45) is 1.62. The summed E-state index contributed by atoms with van der Waals surface area (Å²) >= 11 is 1.53. The van der Waals surface area contributed by atoms with Gasteiger partial charge in [-0.25, -0.2) is 14.5 Å². The Morgan fingerprint density at radius 2 is 1.92 bits per heavy atom. The van der Waals surface area contributed by atoms with Crippen LogP contribution in [-0.4, -0.2) is 69.2 Å². The van der Waals surface area contributed by atoms with Crippen molar-refractivity contribution < 1.29 is 14.3 Å². The standard InChI is InChI=1S/C27H35N7O3S/c1-17-22-18(2)34(31-23(22)24(30-29-17)32(6)7)19-10-9-11-20(16-19)36-21(25-28-13-15-38-25)12-14-33(8)26(35)37-27(3,4)5/h9-11,13,15-16,21H,12,14H2,1-8H3. The average molecular weight is 538 g/mol. The van der Waals surface area contributed by atoms with Crippen LogP contribution in [0.2, 0.25) is 0 Å². The van der Waals surface area contributed by atoms with E-state index in [2.05, 4.69) is 15.2 Å². The molecule has 0 N–H and O–H groups in total. The highest BCUT2D eigenvalue weighted by molar-refractivity contribution is 7.09. The quantitative estimate of drug-likeness (QED) is 0.297. The van der Waals surface area contributed by atoms with Crippen LogP contribution in [0, 0.1) is 13.8 Å². The molecule has 0 saturated heterocycles. The zero-order valence-corrected chi connectivity index (χ0v) is 24.0. The van der Waals surface area contributed by atoms with Crippen molar-refractivity contribution in [3.8, 4) is 11.4 Å². The van der Waals surface area contributed by atoms with Crippen LogP contribution in [0.3, 0.4) is 0 Å². The third kappa shape index (κ3) is 6.04. The summed E-state index contributed by atoms with van der Waals surface area (Å²) in [5.41, 5.74) is 2.92. The summed E-state index contributed by atoms with van der Waals surface area (Å²) in [4.78, 5) is 20.4. The van der Waals surface area contributed by atoms with Gasteiger partial charge in [0.15, 0.2) is 11.9 Å². The highest BCUT2D eigenvalue weighted by Crippen LogP contribution is 2.31. The van der Waals surface area contributed by atoms with Gasteiger partial charge in [-0.1, -0.05) is 6.07 Å². The van der Waals surface area contributed by atoms with Crippen LogP contribution < -0.4 is 9.64 Å². The first-order chi connectivity index (χ1) is 17.9. The highest BCUT2D eigenvalue weighted by atomic mass is 32.1. The number of benzene rings is 1. The molecule has 202 valence electrons. The lowest BCUT2D eigenvalue weighted by molar-refractivity contribution is 0.0278. The predicted molar refractivity (Wildman–Crippen MR) is 149 cm³/mol. The van der Waals surface area contributed by atoms with E-state index in [1.807, 2.05) is 87.9 Å². The van der Waals surface area contributed by atoms with Gasteiger partial charge in [0, 0.05) is 51.8 Å². The molecule has 0 fully saturated rings. The molecule has 0 saturated carbocycles. The van der Waals surface area contributed by atoms with E-state index >= 15 is 0 Å². The summed E-state index contributed by atoms with van der Waals surface area (Å²) in [6, 6.07) is 7.81. The van der Waals surface area contributed by atoms with Gasteiger partial charge in [0.1, 0.15) is 21.9 Å². The topological polar surface area (TPSA) is 98.5 Å². The first kappa shape index (κ1) is 27.3. The molecule has 0 aliphatic carbocycles. The monoisotopic (exact) mass is 537 g/mol. The van der Waals surface area contributed by atoms with Crippen LogP contribution in [-0.2, 0) is 4.74 Å². The lowest BCUT2D eigenvalue weighted by atomic mass is 10.2. The fourth-order valence-electron chi connectivity index (χ4n) is 4.09. The molecule has 0 aliphatic rings. The number of amides is 1. The Balaban J connectivity index is 1.59. The summed E-state index contributed by atoms with van der Waals surface area (Å²) in [6.45, 7) is 9.99. The summed E-state index contributed by atoms with van der Waals surface area (Å²) in [5, 5.41) is 17.3. The number of hydrogen-bond acceptors (Lipinski definition) is 9. The number of anilines is 1. The van der Waals surface area contributed by atoms with Crippen molar-refractivity contribution in [2.24, 2.45) is 0 Å². The van der Waals surface area contributed by atoms with E-state index in [9.17, 15) is 4.79 Å². The second-order valence-corrected chi connectivity index (χ2v) is 11.3. The van der Waals surface area contributed by atoms with Crippen molar-refractivity contribution in [2.45, 2.75) is 52.7 Å². The zero-order valence-electron chi connectivity index (χ0n) is 23.2. The van der Waals surface area contributed by atoms with Gasteiger partial charge >= 0.3 is 6.09 Å². The summed E-state index contributed by atoms with van der Waals surface area (Å²) in [5.74, 6) is 1.40. The number of hydrogen-bond donors (Lipinski definition) is 0. The van der Waals surface area contributed by atoms with E-state index in [4.69, 9.17) is 14.6 Å². The van der Waals surface area contributed by atoms with Gasteiger partial charge in [0.25, 0.3) is 0 Å². The normalized spacial score (nSPS) is 12.4. The maximum atomic E-state index is 12.4. The lowest BCUT2D eigenvalue weighted by Crippen LogP contribution is -2.35. The van der Waals surface area contributed by atoms with Crippen molar-refractivity contribution in [1.29, 1.82) is 0 Å². The maximum absolute atomic E-state index is 12.4. The Hall–Kier alpha value is -3.73. The van der Waals surface area contributed by atoms with Crippen LogP contribution in [0.5, 0.6) is 5.75 Å². The van der Waals surface area contributed by atoms with Gasteiger partial charge in [-0.2, -0.15) is 10.2 Å². The fraction of sp³-hybridized carbons (Fsp3) is 0.444. The second-order valence-electron chi connectivity index (χ2n) is 10.4. The minimum absolute atomic E-state index is 0.330. The highest BCUT2D eigenvalue weighted by Gasteiger charge is 2.23. The molecule has 0 radical (unpaired) electrons. The van der Waals surface area contributed by atoms with E-state index in [0.717, 1.165) is 38.8 Å². The molecule has 38 heavy (non-hydrogen) atoms. The Labute approximate surface area is 227 Å². The van der Waals surface area contributed by atoms with Crippen LogP contribution in [0.25, 0.3) is 16.6 Å². The zero-order chi connectivity index (χ0) is 27.6. The molecule has 0 bridgehead atoms. The molecular weight excluding hydrogens is 502 g/mol. The first-order valence-corrected chi connectivity index (χ1v) is 13.3. The molecule has 3 heterocycles. The summed E-state index contributed by atoms with van der Waals surface area (Å²) in [7, 11) is 5.59. The molecule has 0 aliphatic heterocycles. The second kappa shape index (κ2) is 10.9. The molecule has 10 nitrogen and oxygen atoms in total. The predicted octanol–water partition coefficient (Wildman–Crippen LogP) is 5.33. The van der Waals surface area contributed by atoms with E-state index < -0.39 is 5.60 Å². The Kier molecular flexibility index (Phi) is 7.86. The molecule has 1 atom stereocenters. The van der Waals surface area contributed by atoms with Crippen LogP contribution in [0.1, 0.15) is 49.7 Å². The third-order valence-electron chi connectivity index (χ3n) is 5.91. The third-order valence-corrected chi connectivity index (χ3v) is 6.78. The SMILES string of the molecule is Cc1nnc(N(C)C)c2nn(-c3cccc(OC(CCN(C)C(=O)OC(C)(C)C)c4nccs4)c3)c(C)c12. The van der Waals surface area contributed by atoms with Crippen LogP contribution >= 0.6 is 11.3 Å². The van der Waals surface area contributed by atoms with Gasteiger partial charge in [0.2, 0.25) is 0 Å². The number of aryl methyl sites for hydroxylation is 2. The minimum Gasteiger partial charge on any atom is -0.483 e. The van der Waals surface area contributed by atoms with E-state index in [1.165, 1.54) is 11.3 Å². The van der Waals surface area contributed by atoms with E-state index in [0.29, 0.717) is 18.7 Å². The van der Waals surface area contributed by atoms with Crippen LogP contribution in [0.15, 0.2) is 35.8 Å². The molecular formula is C27H35N7O3S. The number of nitrogens with zero attached hydrogens (tertiary/aromatic N) is 7. The van der Waals surface area contributed by atoms with Crippen molar-refractivity contribution in [3.05, 3.63) is 52.2 Å². The van der Waals surface area contributed by atoms with Gasteiger partial charge in [-0.05, 0) is 46.8 Å². The van der Waals surface area contributed by atoms with Crippen molar-refractivity contribution in [2.75, 3.05) is 32.6 Å². The fourth-order valence-corrected chi connectivity index (χ4v) is 4.79. The van der Waals surface area contributed by atoms with E-state index in [-0.39, 0.29) is 12.2 Å². The number of fused-ring (bicyclic) bond motifs is 1. The number of carbonyl (C=O) groups excluding carboxylic acids is 1. The average Bonchev–Trinajstić information content (AvgIpc) is 3.49. The Morgan fingerprint density at radius 1 is 1.16 bits per heavy atom. The number of rotatable bonds is 8. The minimum atomic E-state index is -0.551. The summed E-state index contributed by atoms with van der Waals surface area (Å²) < 4.78 is 13.8. The number of carbonyl (C=O) groups is 1. The van der Waals surface area contributed by atoms with Crippen LogP contribution in [0.4, 0.5) is 10.6 Å². The smallest absolute Gasteiger partial charge is 0.410 e. The Morgan fingerprint density at radius 3 is 2.58 bits per heavy atom. The number of aromatic nitrogens is 5. The van der Waals surface area contributed by atoms with Crippen molar-refractivity contribution in [1.82, 2.24) is 29.9 Å². The van der Waals surface area contributed by atoms with Crippen molar-refractivity contribution in [3.63, 3.8) is 0 Å². The van der Waals surface area contributed by atoms with Gasteiger partial charge in [-0.15, -0.1) is 16.4 Å². The maximum Gasteiger partial charge on any atom is 0.410 e. The van der Waals surface area contributed by atoms with Crippen molar-refractivity contribution >= 4 is 34.2 Å².